The van der Waals surface area contributed by atoms with E-state index < -0.39 is 66.6 Å². The van der Waals surface area contributed by atoms with Crippen molar-refractivity contribution in [2.24, 2.45) is 10.8 Å². The molecule has 0 spiro atoms. The largest absolute Gasteiger partial charge is 0.460 e. The Hall–Kier alpha value is -9.46. The van der Waals surface area contributed by atoms with Gasteiger partial charge in [0.05, 0.1) is 32.6 Å². The average Bonchev–Trinajstić information content (AvgIpc) is 1.56. The Kier molecular flexibility index (Phi) is 18.2. The van der Waals surface area contributed by atoms with Crippen molar-refractivity contribution in [2.75, 3.05) is 0 Å². The molecule has 0 aliphatic heterocycles. The molecule has 12 rings (SSSR count). The highest BCUT2D eigenvalue weighted by Crippen LogP contribution is 2.63. The van der Waals surface area contributed by atoms with E-state index in [0.717, 1.165) is 41.6 Å². The number of halogens is 2. The number of esters is 4. The molecular weight excluding hydrogens is 1220 g/mol. The molecule has 0 amide bonds. The van der Waals surface area contributed by atoms with Crippen LogP contribution in [-0.2, 0) is 84.6 Å². The van der Waals surface area contributed by atoms with Crippen LogP contribution in [0.2, 0.25) is 10.0 Å². The number of benzene rings is 8. The molecule has 0 saturated heterocycles. The maximum Gasteiger partial charge on any atom is 0.324 e. The first kappa shape index (κ1) is 62.2. The van der Waals surface area contributed by atoms with E-state index in [0.29, 0.717) is 32.6 Å². The molecule has 16 nitrogen and oxygen atoms in total. The summed E-state index contributed by atoms with van der Waals surface area (Å²) in [7, 11) is -8.45. The van der Waals surface area contributed by atoms with Crippen LogP contribution in [0.3, 0.4) is 0 Å². The van der Waals surface area contributed by atoms with Gasteiger partial charge in [-0.25, -0.2) is 0 Å². The number of carbonyl (C=O) groups excluding carboxylic acids is 4. The van der Waals surface area contributed by atoms with Gasteiger partial charge in [-0.3, -0.25) is 19.2 Å². The topological polar surface area (TPSA) is 209 Å². The molecular formula is C70H58Cl2N4O12S2. The van der Waals surface area contributed by atoms with Crippen molar-refractivity contribution in [1.29, 1.82) is 0 Å². The van der Waals surface area contributed by atoms with E-state index in [1.807, 2.05) is 86.6 Å². The molecule has 0 bridgehead atoms. The first-order valence-electron chi connectivity index (χ1n) is 28.6. The average molecular weight is 1280 g/mol. The second kappa shape index (κ2) is 26.3. The molecule has 0 radical (unpaired) electrons. The highest BCUT2D eigenvalue weighted by molar-refractivity contribution is 7.90. The molecule has 8 aromatic carbocycles. The normalized spacial score (nSPS) is 15.3. The number of hydrogen-bond acceptors (Lipinski definition) is 14. The van der Waals surface area contributed by atoms with Crippen molar-refractivity contribution < 1.29 is 55.0 Å². The molecule has 2 saturated carbocycles. The van der Waals surface area contributed by atoms with Gasteiger partial charge in [0.2, 0.25) is 0 Å². The predicted molar refractivity (Wildman–Crippen MR) is 337 cm³/mol. The molecule has 20 heteroatoms. The van der Waals surface area contributed by atoms with E-state index >= 15 is 0 Å². The van der Waals surface area contributed by atoms with Crippen LogP contribution in [0.15, 0.2) is 240 Å². The van der Waals surface area contributed by atoms with Crippen LogP contribution in [-0.4, -0.2) is 59.1 Å². The Bertz CT molecular complexity index is 4060. The Morgan fingerprint density at radius 2 is 0.678 bits per heavy atom. The lowest BCUT2D eigenvalue weighted by molar-refractivity contribution is -0.168. The fourth-order valence-corrected chi connectivity index (χ4v) is 13.4. The first-order valence-corrected chi connectivity index (χ1v) is 32.2. The molecule has 2 aromatic heterocycles. The number of rotatable bonds is 20. The van der Waals surface area contributed by atoms with E-state index in [1.165, 1.54) is 24.3 Å². The van der Waals surface area contributed by atoms with Gasteiger partial charge in [0.15, 0.2) is 10.8 Å². The van der Waals surface area contributed by atoms with Crippen LogP contribution >= 0.6 is 23.2 Å². The quantitative estimate of drug-likeness (QED) is 0.0395. The molecule has 456 valence electrons. The summed E-state index contributed by atoms with van der Waals surface area (Å²) in [4.78, 5) is 55.2. The van der Waals surface area contributed by atoms with Crippen molar-refractivity contribution in [3.05, 3.63) is 285 Å². The minimum absolute atomic E-state index is 0.0105. The van der Waals surface area contributed by atoms with Gasteiger partial charge in [0.1, 0.15) is 26.4 Å². The molecule has 2 atom stereocenters. The number of aromatic nitrogens is 4. The van der Waals surface area contributed by atoms with Crippen molar-refractivity contribution in [3.8, 4) is 22.5 Å². The Morgan fingerprint density at radius 3 is 0.944 bits per heavy atom. The zero-order chi connectivity index (χ0) is 63.2. The van der Waals surface area contributed by atoms with Crippen LogP contribution in [0, 0.1) is 24.7 Å². The van der Waals surface area contributed by atoms with Crippen LogP contribution in [0.25, 0.3) is 22.5 Å². The van der Waals surface area contributed by atoms with Gasteiger partial charge >= 0.3 is 23.9 Å². The van der Waals surface area contributed by atoms with Crippen molar-refractivity contribution in [1.82, 2.24) is 18.4 Å². The summed E-state index contributed by atoms with van der Waals surface area (Å²) in [6, 6.07) is 65.9. The Labute approximate surface area is 530 Å². The molecule has 2 aliphatic rings. The van der Waals surface area contributed by atoms with E-state index in [2.05, 4.69) is 10.2 Å². The van der Waals surface area contributed by atoms with Gasteiger partial charge in [0, 0.05) is 33.0 Å². The SMILES string of the molecule is Cc1ccc(S(=O)(=O)n2nc(-c3ccc(Cl)cc3)cc2[C@@H]2CC2(C(=O)OCc2ccccc2)C(=O)OCc2ccccc2)cc1.Cc1ccc(S(=O)(=O)n2nc(-c3ccc(Cl)cc3)cc2[C@H]2CC2(C(=O)OCc2ccccc2)C(=O)OCc2ccccc2)cc1. The van der Waals surface area contributed by atoms with E-state index in [-0.39, 0.29) is 60.4 Å². The molecule has 90 heavy (non-hydrogen) atoms. The summed E-state index contributed by atoms with van der Waals surface area (Å²) in [6.07, 6.45) is -0.0210. The highest BCUT2D eigenvalue weighted by Gasteiger charge is 2.71. The number of ether oxygens (including phenoxy) is 4. The predicted octanol–water partition coefficient (Wildman–Crippen LogP) is 13.4. The summed E-state index contributed by atoms with van der Waals surface area (Å²) in [5.41, 5.74) is 3.49. The third-order valence-electron chi connectivity index (χ3n) is 15.7. The third-order valence-corrected chi connectivity index (χ3v) is 19.5. The summed E-state index contributed by atoms with van der Waals surface area (Å²) in [5, 5.41) is 10.0. The lowest BCUT2D eigenvalue weighted by atomic mass is 10.0. The van der Waals surface area contributed by atoms with Gasteiger partial charge in [-0.05, 0) is 110 Å². The maximum atomic E-state index is 14.0. The van der Waals surface area contributed by atoms with Gasteiger partial charge in [-0.15, -0.1) is 0 Å². The van der Waals surface area contributed by atoms with E-state index in [4.69, 9.17) is 42.1 Å². The van der Waals surface area contributed by atoms with Crippen LogP contribution in [0.4, 0.5) is 0 Å². The Morgan fingerprint density at radius 1 is 0.411 bits per heavy atom. The number of carbonyl (C=O) groups is 4. The molecule has 2 aliphatic carbocycles. The molecule has 10 aromatic rings. The molecule has 0 unspecified atom stereocenters. The number of nitrogens with zero attached hydrogens (tertiary/aromatic N) is 4. The van der Waals surface area contributed by atoms with Gasteiger partial charge in [-0.2, -0.15) is 35.2 Å². The Balaban J connectivity index is 0.000000185. The first-order chi connectivity index (χ1) is 43.4. The second-order valence-corrected chi connectivity index (χ2v) is 26.4. The zero-order valence-corrected chi connectivity index (χ0v) is 51.7. The number of hydrogen-bond donors (Lipinski definition) is 0. The van der Waals surface area contributed by atoms with Crippen LogP contribution in [0.1, 0.15) is 69.4 Å². The maximum absolute atomic E-state index is 14.0. The molecule has 2 fully saturated rings. The lowest BCUT2D eigenvalue weighted by Gasteiger charge is -2.17. The number of aryl methyl sites for hydroxylation is 2. The summed E-state index contributed by atoms with van der Waals surface area (Å²) in [5.74, 6) is -4.91. The van der Waals surface area contributed by atoms with E-state index in [1.54, 1.807) is 133 Å². The van der Waals surface area contributed by atoms with Crippen molar-refractivity contribution in [3.63, 3.8) is 0 Å². The third kappa shape index (κ3) is 13.3. The van der Waals surface area contributed by atoms with Gasteiger partial charge < -0.3 is 18.9 Å². The lowest BCUT2D eigenvalue weighted by Crippen LogP contribution is -2.32. The van der Waals surface area contributed by atoms with E-state index in [9.17, 15) is 36.0 Å². The van der Waals surface area contributed by atoms with Gasteiger partial charge in [0.25, 0.3) is 20.0 Å². The minimum atomic E-state index is -4.22. The monoisotopic (exact) mass is 1280 g/mol. The fourth-order valence-electron chi connectivity index (χ4n) is 10.5. The second-order valence-electron chi connectivity index (χ2n) is 21.9. The highest BCUT2D eigenvalue weighted by atomic mass is 35.5. The van der Waals surface area contributed by atoms with Crippen LogP contribution in [0.5, 0.6) is 0 Å². The minimum Gasteiger partial charge on any atom is -0.460 e. The standard InChI is InChI=1S/2C35H29ClN2O6S/c2*1-24-12-18-29(19-13-24)45(41,42)38-32(20-31(37-38)27-14-16-28(36)17-15-27)30-21-35(30,33(39)43-22-25-8-4-2-5-9-25)34(40)44-23-26-10-6-3-7-11-26/h2*2-20,30H,21-23H2,1H3/t2*30-/m10/s1. The van der Waals surface area contributed by atoms with Crippen molar-refractivity contribution >= 4 is 67.1 Å². The van der Waals surface area contributed by atoms with Crippen LogP contribution < -0.4 is 0 Å². The summed E-state index contributed by atoms with van der Waals surface area (Å²) < 4.78 is 80.6. The smallest absolute Gasteiger partial charge is 0.324 e. The van der Waals surface area contributed by atoms with Crippen molar-refractivity contribution in [2.45, 2.75) is 74.7 Å². The summed E-state index contributed by atoms with van der Waals surface area (Å²) in [6.45, 7) is 3.48. The molecule has 2 heterocycles. The molecule has 0 N–H and O–H groups in total. The fraction of sp³-hybridized carbons (Fsp3) is 0.171. The summed E-state index contributed by atoms with van der Waals surface area (Å²) >= 11 is 12.2. The van der Waals surface area contributed by atoms with Gasteiger partial charge in [-0.1, -0.05) is 204 Å². The zero-order valence-electron chi connectivity index (χ0n) is 48.6.